The van der Waals surface area contributed by atoms with Crippen LogP contribution < -0.4 is 11.0 Å². The molecule has 0 aromatic carbocycles. The molecule has 0 saturated carbocycles. The van der Waals surface area contributed by atoms with Crippen molar-refractivity contribution in [3.8, 4) is 0 Å². The maximum atomic E-state index is 10.7. The molecule has 0 atom stereocenters. The largest absolute Gasteiger partial charge is 0.468 e. The van der Waals surface area contributed by atoms with Crippen molar-refractivity contribution in [3.63, 3.8) is 0 Å². The lowest BCUT2D eigenvalue weighted by Crippen LogP contribution is -2.37. The number of carbonyl (C=O) groups excluding carboxylic acids is 1. The Bertz CT molecular complexity index is 209. The normalized spacial score (nSPS) is 10.9. The lowest BCUT2D eigenvalue weighted by Gasteiger charge is -2.21. The molecule has 0 heterocycles. The number of hydrogen-bond donors (Lipinski definition) is 2. The Hall–Kier alpha value is -1.07. The predicted molar refractivity (Wildman–Crippen MR) is 52.8 cm³/mol. The predicted octanol–water partition coefficient (Wildman–Crippen LogP) is 0.745. The molecule has 0 aliphatic heterocycles. The Kier molecular flexibility index (Phi) is 5.19. The summed E-state index contributed by atoms with van der Waals surface area (Å²) < 4.78 is 4.41. The number of hydrazine groups is 1. The second-order valence-electron chi connectivity index (χ2n) is 3.81. The first-order valence-electron chi connectivity index (χ1n) is 4.29. The average Bonchev–Trinajstić information content (AvgIpc) is 2.09. The van der Waals surface area contributed by atoms with Gasteiger partial charge in [0.15, 0.2) is 0 Å². The molecule has 0 aromatic heterocycles. The summed E-state index contributed by atoms with van der Waals surface area (Å²) in [5.74, 6) is 0.206. The summed E-state index contributed by atoms with van der Waals surface area (Å²) in [5.41, 5.74) is 4.80. The number of nitrogens with one attached hydrogen (secondary N) is 2. The molecule has 0 aliphatic carbocycles. The summed E-state index contributed by atoms with van der Waals surface area (Å²) >= 11 is 0. The monoisotopic (exact) mass is 202 g/mol. The maximum absolute atomic E-state index is 10.7. The second kappa shape index (κ2) is 5.62. The van der Waals surface area contributed by atoms with E-state index in [0.29, 0.717) is 5.76 Å². The molecule has 0 amide bonds. The van der Waals surface area contributed by atoms with Crippen LogP contribution in [0.3, 0.4) is 0 Å². The first kappa shape index (κ1) is 12.9. The number of hydrogen-bond acceptors (Lipinski definition) is 5. The molecule has 0 radical (unpaired) electrons. The molecule has 0 fully saturated rings. The molecule has 0 aromatic rings. The van der Waals surface area contributed by atoms with E-state index in [4.69, 9.17) is 4.84 Å². The van der Waals surface area contributed by atoms with Gasteiger partial charge in [0, 0.05) is 5.41 Å². The van der Waals surface area contributed by atoms with Gasteiger partial charge in [0.05, 0.1) is 7.11 Å². The van der Waals surface area contributed by atoms with E-state index >= 15 is 0 Å². The van der Waals surface area contributed by atoms with Crippen LogP contribution in [0.2, 0.25) is 0 Å². The number of rotatable bonds is 5. The van der Waals surface area contributed by atoms with Crippen molar-refractivity contribution in [2.45, 2.75) is 20.8 Å². The van der Waals surface area contributed by atoms with Crippen molar-refractivity contribution in [1.82, 2.24) is 11.0 Å². The highest BCUT2D eigenvalue weighted by atomic mass is 16.7. The van der Waals surface area contributed by atoms with E-state index in [1.807, 2.05) is 20.8 Å². The van der Waals surface area contributed by atoms with Crippen LogP contribution in [0, 0.1) is 5.41 Å². The third-order valence-electron chi connectivity index (χ3n) is 1.54. The quantitative estimate of drug-likeness (QED) is 0.298. The highest BCUT2D eigenvalue weighted by Crippen LogP contribution is 2.22. The fraction of sp³-hybridized carbons (Fsp3) is 0.667. The SMILES string of the molecule is C=C(ONNCC(=O)OC)C(C)(C)C. The number of methoxy groups -OCH3 is 1. The lowest BCUT2D eigenvalue weighted by atomic mass is 9.95. The van der Waals surface area contributed by atoms with E-state index < -0.39 is 0 Å². The fourth-order valence-electron chi connectivity index (χ4n) is 0.431. The summed E-state index contributed by atoms with van der Waals surface area (Å²) in [6.07, 6.45) is 0. The molecular formula is C9H18N2O3. The van der Waals surface area contributed by atoms with Gasteiger partial charge in [0.2, 0.25) is 0 Å². The molecule has 0 unspecified atom stereocenters. The van der Waals surface area contributed by atoms with Gasteiger partial charge in [-0.1, -0.05) is 32.9 Å². The Morgan fingerprint density at radius 2 is 2.00 bits per heavy atom. The van der Waals surface area contributed by atoms with Gasteiger partial charge in [-0.15, -0.1) is 0 Å². The van der Waals surface area contributed by atoms with Crippen LogP contribution in [-0.2, 0) is 14.4 Å². The molecule has 0 rings (SSSR count). The van der Waals surface area contributed by atoms with Crippen LogP contribution in [0.5, 0.6) is 0 Å². The van der Waals surface area contributed by atoms with Gasteiger partial charge in [0.1, 0.15) is 12.3 Å². The van der Waals surface area contributed by atoms with Crippen molar-refractivity contribution >= 4 is 5.97 Å². The van der Waals surface area contributed by atoms with Gasteiger partial charge in [-0.2, -0.15) is 0 Å². The van der Waals surface area contributed by atoms with Crippen LogP contribution >= 0.6 is 0 Å². The van der Waals surface area contributed by atoms with Gasteiger partial charge in [-0.3, -0.25) is 4.79 Å². The van der Waals surface area contributed by atoms with E-state index in [-0.39, 0.29) is 17.9 Å². The smallest absolute Gasteiger partial charge is 0.321 e. The average molecular weight is 202 g/mol. The topological polar surface area (TPSA) is 59.6 Å². The van der Waals surface area contributed by atoms with Gasteiger partial charge < -0.3 is 9.57 Å². The summed E-state index contributed by atoms with van der Waals surface area (Å²) in [6, 6.07) is 0. The van der Waals surface area contributed by atoms with Crippen LogP contribution in [0.1, 0.15) is 20.8 Å². The summed E-state index contributed by atoms with van der Waals surface area (Å²) in [7, 11) is 1.32. The molecule has 0 aliphatic rings. The number of allylic oxidation sites excluding steroid dienone is 1. The maximum Gasteiger partial charge on any atom is 0.321 e. The van der Waals surface area contributed by atoms with Gasteiger partial charge in [0.25, 0.3) is 0 Å². The molecule has 0 bridgehead atoms. The summed E-state index contributed by atoms with van der Waals surface area (Å²) in [4.78, 5) is 15.7. The molecule has 0 saturated heterocycles. The number of carbonyl (C=O) groups is 1. The first-order chi connectivity index (χ1) is 6.38. The molecule has 5 nitrogen and oxygen atoms in total. The Labute approximate surface area is 84.4 Å². The van der Waals surface area contributed by atoms with Crippen LogP contribution in [0.15, 0.2) is 12.3 Å². The standard InChI is InChI=1S/C9H18N2O3/c1-7(9(2,3)4)14-11-10-6-8(12)13-5/h10-11H,1,6H2,2-5H3. The Morgan fingerprint density at radius 1 is 1.43 bits per heavy atom. The van der Waals surface area contributed by atoms with Crippen molar-refractivity contribution in [1.29, 1.82) is 0 Å². The minimum absolute atomic E-state index is 0.0356. The molecule has 0 spiro atoms. The van der Waals surface area contributed by atoms with E-state index in [1.165, 1.54) is 7.11 Å². The van der Waals surface area contributed by atoms with Gasteiger partial charge in [-0.25, -0.2) is 5.43 Å². The highest BCUT2D eigenvalue weighted by Gasteiger charge is 2.16. The summed E-state index contributed by atoms with van der Waals surface area (Å²) in [6.45, 7) is 9.67. The van der Waals surface area contributed by atoms with Crippen molar-refractivity contribution < 1.29 is 14.4 Å². The second-order valence-corrected chi connectivity index (χ2v) is 3.81. The fourth-order valence-corrected chi connectivity index (χ4v) is 0.431. The first-order valence-corrected chi connectivity index (χ1v) is 4.29. The van der Waals surface area contributed by atoms with Gasteiger partial charge in [-0.05, 0) is 0 Å². The zero-order valence-electron chi connectivity index (χ0n) is 9.14. The van der Waals surface area contributed by atoms with Crippen LogP contribution in [0.25, 0.3) is 0 Å². The summed E-state index contributed by atoms with van der Waals surface area (Å²) in [5, 5.41) is 0. The zero-order chi connectivity index (χ0) is 11.2. The number of esters is 1. The molecule has 2 N–H and O–H groups in total. The van der Waals surface area contributed by atoms with E-state index in [2.05, 4.69) is 22.3 Å². The Balaban J connectivity index is 3.56. The third-order valence-corrected chi connectivity index (χ3v) is 1.54. The minimum atomic E-state index is -0.373. The van der Waals surface area contributed by atoms with Crippen molar-refractivity contribution in [3.05, 3.63) is 12.3 Å². The van der Waals surface area contributed by atoms with Crippen molar-refractivity contribution in [2.75, 3.05) is 13.7 Å². The molecule has 82 valence electrons. The number of ether oxygens (including phenoxy) is 1. The van der Waals surface area contributed by atoms with Crippen LogP contribution in [0.4, 0.5) is 0 Å². The van der Waals surface area contributed by atoms with E-state index in [9.17, 15) is 4.79 Å². The van der Waals surface area contributed by atoms with E-state index in [0.717, 1.165) is 0 Å². The Morgan fingerprint density at radius 3 is 2.43 bits per heavy atom. The third kappa shape index (κ3) is 5.55. The van der Waals surface area contributed by atoms with Crippen molar-refractivity contribution in [2.24, 2.45) is 5.41 Å². The van der Waals surface area contributed by atoms with Gasteiger partial charge >= 0.3 is 5.97 Å². The van der Waals surface area contributed by atoms with Crippen LogP contribution in [-0.4, -0.2) is 19.6 Å². The van der Waals surface area contributed by atoms with E-state index in [1.54, 1.807) is 0 Å². The highest BCUT2D eigenvalue weighted by molar-refractivity contribution is 5.71. The molecular weight excluding hydrogens is 184 g/mol. The lowest BCUT2D eigenvalue weighted by molar-refractivity contribution is -0.140. The minimum Gasteiger partial charge on any atom is -0.468 e. The zero-order valence-corrected chi connectivity index (χ0v) is 9.14. The molecule has 5 heteroatoms. The molecule has 14 heavy (non-hydrogen) atoms.